The van der Waals surface area contributed by atoms with Gasteiger partial charge in [0.1, 0.15) is 11.5 Å². The van der Waals surface area contributed by atoms with E-state index in [1.807, 2.05) is 6.92 Å². The molecule has 1 heterocycles. The Kier molecular flexibility index (Phi) is 8.43. The molecule has 2 aromatic rings. The third-order valence-electron chi connectivity index (χ3n) is 4.95. The number of nitrogens with zero attached hydrogens (tertiary/aromatic N) is 1. The number of carbonyl (C=O) groups is 2. The Morgan fingerprint density at radius 2 is 1.65 bits per heavy atom. The highest BCUT2D eigenvalue weighted by molar-refractivity contribution is 6.64. The summed E-state index contributed by atoms with van der Waals surface area (Å²) >= 11 is 0. The Hall–Kier alpha value is -3.21. The fourth-order valence-corrected chi connectivity index (χ4v) is 3.33. The first-order valence-electron chi connectivity index (χ1n) is 10.7. The molecule has 0 aliphatic carbocycles. The molecule has 0 amide bonds. The predicted octanol–water partition coefficient (Wildman–Crippen LogP) is 2.75. The van der Waals surface area contributed by atoms with Crippen LogP contribution in [0.15, 0.2) is 48.5 Å². The van der Waals surface area contributed by atoms with Crippen LogP contribution in [0.25, 0.3) is 0 Å². The number of para-hydroxylation sites is 1. The van der Waals surface area contributed by atoms with E-state index in [-0.39, 0.29) is 24.9 Å². The molecule has 1 fully saturated rings. The first-order valence-corrected chi connectivity index (χ1v) is 10.7. The average Bonchev–Trinajstić information content (AvgIpc) is 2.75. The molecule has 7 nitrogen and oxygen atoms in total. The molecule has 3 rings (SSSR count). The molecule has 11 heteroatoms. The second kappa shape index (κ2) is 11.3. The lowest BCUT2D eigenvalue weighted by molar-refractivity contribution is -0.153. The first kappa shape index (κ1) is 25.4. The summed E-state index contributed by atoms with van der Waals surface area (Å²) in [6.07, 6.45) is -3.64. The van der Waals surface area contributed by atoms with E-state index in [1.54, 1.807) is 49.5 Å². The van der Waals surface area contributed by atoms with Crippen LogP contribution in [-0.2, 0) is 25.3 Å². The van der Waals surface area contributed by atoms with Crippen LogP contribution in [0.3, 0.4) is 0 Å². The van der Waals surface area contributed by atoms with Crippen LogP contribution < -0.4 is 14.9 Å². The van der Waals surface area contributed by atoms with Crippen LogP contribution in [0.1, 0.15) is 18.9 Å². The molecule has 1 aliphatic rings. The van der Waals surface area contributed by atoms with Gasteiger partial charge in [-0.2, -0.15) is 13.2 Å². The van der Waals surface area contributed by atoms with Crippen molar-refractivity contribution in [2.75, 3.05) is 26.7 Å². The number of hydrogen-bond acceptors (Lipinski definition) is 7. The molecule has 0 radical (unpaired) electrons. The van der Waals surface area contributed by atoms with E-state index in [0.717, 1.165) is 0 Å². The van der Waals surface area contributed by atoms with Crippen LogP contribution in [0.4, 0.5) is 13.2 Å². The largest absolute Gasteiger partial charge is 0.636 e. The quantitative estimate of drug-likeness (QED) is 0.540. The SMILES string of the molecule is CC(CCc1ccccc1OCC(F)(F)F)Oc1ccc(B2OC(=O)CN(C)CC(=O)O2)cc1. The zero-order chi connectivity index (χ0) is 24.7. The fourth-order valence-electron chi connectivity index (χ4n) is 3.33. The Morgan fingerprint density at radius 3 is 2.26 bits per heavy atom. The third-order valence-corrected chi connectivity index (χ3v) is 4.95. The summed E-state index contributed by atoms with van der Waals surface area (Å²) in [6.45, 7) is 0.468. The van der Waals surface area contributed by atoms with Crippen molar-refractivity contribution in [3.05, 3.63) is 54.1 Å². The monoisotopic (exact) mass is 479 g/mol. The van der Waals surface area contributed by atoms with Crippen molar-refractivity contribution < 1.29 is 41.5 Å². The lowest BCUT2D eigenvalue weighted by Gasteiger charge is -2.22. The van der Waals surface area contributed by atoms with E-state index >= 15 is 0 Å². The normalized spacial score (nSPS) is 16.2. The zero-order valence-electron chi connectivity index (χ0n) is 18.8. The average molecular weight is 479 g/mol. The van der Waals surface area contributed by atoms with Crippen molar-refractivity contribution in [2.24, 2.45) is 0 Å². The second-order valence-corrected chi connectivity index (χ2v) is 8.03. The van der Waals surface area contributed by atoms with Crippen LogP contribution >= 0.6 is 0 Å². The summed E-state index contributed by atoms with van der Waals surface area (Å²) in [5.74, 6) is -0.270. The summed E-state index contributed by atoms with van der Waals surface area (Å²) in [4.78, 5) is 25.3. The molecule has 1 unspecified atom stereocenters. The number of ether oxygens (including phenoxy) is 2. The molecular formula is C23H25BF3NO6. The maximum absolute atomic E-state index is 12.5. The molecular weight excluding hydrogens is 454 g/mol. The van der Waals surface area contributed by atoms with Gasteiger partial charge in [0.25, 0.3) is 0 Å². The van der Waals surface area contributed by atoms with Crippen LogP contribution in [0.2, 0.25) is 0 Å². The summed E-state index contributed by atoms with van der Waals surface area (Å²) in [6, 6.07) is 13.2. The Labute approximate surface area is 195 Å². The van der Waals surface area contributed by atoms with E-state index in [9.17, 15) is 22.8 Å². The summed E-state index contributed by atoms with van der Waals surface area (Å²) in [7, 11) is 0.484. The van der Waals surface area contributed by atoms with Crippen LogP contribution in [0.5, 0.6) is 11.5 Å². The van der Waals surface area contributed by atoms with Gasteiger partial charge in [-0.1, -0.05) is 30.3 Å². The maximum atomic E-state index is 12.5. The highest BCUT2D eigenvalue weighted by atomic mass is 19.4. The molecule has 0 bridgehead atoms. The molecule has 0 spiro atoms. The van der Waals surface area contributed by atoms with Crippen molar-refractivity contribution in [1.82, 2.24) is 4.90 Å². The third kappa shape index (κ3) is 7.98. The molecule has 0 aromatic heterocycles. The Bertz CT molecular complexity index is 965. The van der Waals surface area contributed by atoms with Gasteiger partial charge in [-0.05, 0) is 50.6 Å². The molecule has 0 saturated carbocycles. The highest BCUT2D eigenvalue weighted by Crippen LogP contribution is 2.24. The Morgan fingerprint density at radius 1 is 1.03 bits per heavy atom. The maximum Gasteiger partial charge on any atom is 0.636 e. The lowest BCUT2D eigenvalue weighted by Crippen LogP contribution is -2.47. The minimum atomic E-state index is -4.40. The van der Waals surface area contributed by atoms with E-state index in [4.69, 9.17) is 18.8 Å². The molecule has 0 N–H and O–H groups in total. The number of aryl methyl sites for hydroxylation is 1. The van der Waals surface area contributed by atoms with Crippen molar-refractivity contribution in [3.8, 4) is 11.5 Å². The molecule has 1 aliphatic heterocycles. The van der Waals surface area contributed by atoms with Gasteiger partial charge in [0.05, 0.1) is 19.2 Å². The number of carbonyl (C=O) groups excluding carboxylic acids is 2. The smallest absolute Gasteiger partial charge is 0.494 e. The number of benzene rings is 2. The van der Waals surface area contributed by atoms with Crippen LogP contribution in [-0.4, -0.2) is 63.0 Å². The number of likely N-dealkylation sites (N-methyl/N-ethyl adjacent to an activating group) is 1. The lowest BCUT2D eigenvalue weighted by atomic mass is 9.78. The first-order chi connectivity index (χ1) is 16.1. The zero-order valence-corrected chi connectivity index (χ0v) is 18.8. The minimum Gasteiger partial charge on any atom is -0.494 e. The van der Waals surface area contributed by atoms with Gasteiger partial charge in [0.2, 0.25) is 0 Å². The fraction of sp³-hybridized carbons (Fsp3) is 0.391. The van der Waals surface area contributed by atoms with Crippen molar-refractivity contribution >= 4 is 24.5 Å². The van der Waals surface area contributed by atoms with E-state index < -0.39 is 31.8 Å². The predicted molar refractivity (Wildman–Crippen MR) is 118 cm³/mol. The molecule has 2 aromatic carbocycles. The molecule has 1 atom stereocenters. The van der Waals surface area contributed by atoms with E-state index in [2.05, 4.69) is 0 Å². The van der Waals surface area contributed by atoms with Crippen molar-refractivity contribution in [3.63, 3.8) is 0 Å². The number of halogens is 3. The molecule has 182 valence electrons. The summed E-state index contributed by atoms with van der Waals surface area (Å²) < 4.78 is 58.7. The van der Waals surface area contributed by atoms with Gasteiger partial charge < -0.3 is 18.8 Å². The van der Waals surface area contributed by atoms with Gasteiger partial charge in [-0.25, -0.2) is 0 Å². The van der Waals surface area contributed by atoms with Crippen LogP contribution in [0, 0.1) is 0 Å². The van der Waals surface area contributed by atoms with Gasteiger partial charge in [-0.15, -0.1) is 0 Å². The summed E-state index contributed by atoms with van der Waals surface area (Å²) in [5.41, 5.74) is 1.15. The van der Waals surface area contributed by atoms with E-state index in [0.29, 0.717) is 29.6 Å². The van der Waals surface area contributed by atoms with Gasteiger partial charge >= 0.3 is 25.2 Å². The number of alkyl halides is 3. The molecule has 1 saturated heterocycles. The van der Waals surface area contributed by atoms with Gasteiger partial charge in [0.15, 0.2) is 6.61 Å². The molecule has 34 heavy (non-hydrogen) atoms. The Balaban J connectivity index is 1.55. The minimum absolute atomic E-state index is 0.0192. The van der Waals surface area contributed by atoms with Gasteiger partial charge in [-0.3, -0.25) is 14.5 Å². The number of rotatable bonds is 8. The van der Waals surface area contributed by atoms with Crippen molar-refractivity contribution in [2.45, 2.75) is 32.0 Å². The second-order valence-electron chi connectivity index (χ2n) is 8.03. The van der Waals surface area contributed by atoms with E-state index in [1.165, 1.54) is 11.0 Å². The van der Waals surface area contributed by atoms with Gasteiger partial charge in [0, 0.05) is 5.46 Å². The standard InChI is InChI=1S/C23H25BF3NO6/c1-16(7-8-17-5-3-4-6-20(17)31-15-23(25,26)27)32-19-11-9-18(10-12-19)24-33-21(29)13-28(2)14-22(30)34-24/h3-6,9-12,16H,7-8,13-15H2,1-2H3. The summed E-state index contributed by atoms with van der Waals surface area (Å²) in [5, 5.41) is 0. The van der Waals surface area contributed by atoms with Crippen molar-refractivity contribution in [1.29, 1.82) is 0 Å². The highest BCUT2D eigenvalue weighted by Gasteiger charge is 2.33. The number of hydrogen-bond donors (Lipinski definition) is 0. The topological polar surface area (TPSA) is 74.3 Å².